The predicted molar refractivity (Wildman–Crippen MR) is 90.2 cm³/mol. The number of para-hydroxylation sites is 2. The summed E-state index contributed by atoms with van der Waals surface area (Å²) in [6.07, 6.45) is 0. The number of hydrogen-bond donors (Lipinski definition) is 2. The van der Waals surface area contributed by atoms with E-state index in [1.807, 2.05) is 39.8 Å². The Kier molecular flexibility index (Phi) is 2.53. The lowest BCUT2D eigenvalue weighted by atomic mass is 10.2. The zero-order valence-corrected chi connectivity index (χ0v) is 12.7. The molecule has 2 aliphatic heterocycles. The molecule has 0 saturated carbocycles. The van der Waals surface area contributed by atoms with Crippen molar-refractivity contribution in [3.63, 3.8) is 0 Å². The van der Waals surface area contributed by atoms with Gasteiger partial charge in [0.1, 0.15) is 23.0 Å². The van der Waals surface area contributed by atoms with Crippen LogP contribution in [0.4, 0.5) is 5.69 Å². The molecule has 1 aromatic heterocycles. The summed E-state index contributed by atoms with van der Waals surface area (Å²) in [6, 6.07) is 14.8. The minimum atomic E-state index is 0.0251. The third kappa shape index (κ3) is 1.70. The number of fused-ring (bicyclic) bond motifs is 4. The van der Waals surface area contributed by atoms with Gasteiger partial charge in [0.25, 0.3) is 0 Å². The Hall–Kier alpha value is -3.28. The number of phenolic OH excluding ortho intramolecular Hbond substituents is 1. The van der Waals surface area contributed by atoms with Gasteiger partial charge in [-0.05, 0) is 24.3 Å². The number of carbonyl (C=O) groups excluding carboxylic acids is 1. The third-order valence-corrected chi connectivity index (χ3v) is 4.51. The van der Waals surface area contributed by atoms with E-state index < -0.39 is 0 Å². The van der Waals surface area contributed by atoms with Gasteiger partial charge < -0.3 is 19.9 Å². The molecule has 0 amide bonds. The third-order valence-electron chi connectivity index (χ3n) is 4.51. The number of benzene rings is 2. The van der Waals surface area contributed by atoms with E-state index in [0.717, 1.165) is 22.5 Å². The highest BCUT2D eigenvalue weighted by molar-refractivity contribution is 6.26. The number of nitrogens with zero attached hydrogens (tertiary/aromatic N) is 3. The summed E-state index contributed by atoms with van der Waals surface area (Å²) in [5.41, 5.74) is 3.29. The summed E-state index contributed by atoms with van der Waals surface area (Å²) in [7, 11) is 0. The predicted octanol–water partition coefficient (Wildman–Crippen LogP) is 2.06. The van der Waals surface area contributed by atoms with Crippen LogP contribution in [0.1, 0.15) is 5.82 Å². The molecule has 2 N–H and O–H groups in total. The quantitative estimate of drug-likeness (QED) is 0.719. The normalized spacial score (nSPS) is 16.3. The second-order valence-electron chi connectivity index (χ2n) is 5.94. The molecular weight excluding hydrogens is 304 g/mol. The first-order valence-corrected chi connectivity index (χ1v) is 7.76. The van der Waals surface area contributed by atoms with Crippen molar-refractivity contribution in [2.45, 2.75) is 6.67 Å². The molecule has 2 aromatic carbocycles. The maximum Gasteiger partial charge on any atom is 0.189 e. The van der Waals surface area contributed by atoms with E-state index in [0.29, 0.717) is 18.1 Å². The average Bonchev–Trinajstić information content (AvgIpc) is 3.12. The number of imidazole rings is 1. The fourth-order valence-electron chi connectivity index (χ4n) is 3.44. The highest BCUT2D eigenvalue weighted by Crippen LogP contribution is 2.35. The summed E-state index contributed by atoms with van der Waals surface area (Å²) in [6.45, 7) is 0.793. The largest absolute Gasteiger partial charge is 0.508 e. The number of aromatic hydroxyl groups is 1. The lowest BCUT2D eigenvalue weighted by Gasteiger charge is -2.26. The fourth-order valence-corrected chi connectivity index (χ4v) is 3.44. The highest BCUT2D eigenvalue weighted by atomic mass is 16.3. The van der Waals surface area contributed by atoms with Crippen molar-refractivity contribution in [1.29, 1.82) is 0 Å². The molecule has 0 bridgehead atoms. The Morgan fingerprint density at radius 2 is 2.00 bits per heavy atom. The maximum atomic E-state index is 12.7. The minimum absolute atomic E-state index is 0.0251. The van der Waals surface area contributed by atoms with E-state index in [1.54, 1.807) is 18.2 Å². The molecule has 0 fully saturated rings. The minimum Gasteiger partial charge on any atom is -0.508 e. The molecule has 0 radical (unpaired) electrons. The van der Waals surface area contributed by atoms with E-state index in [2.05, 4.69) is 10.3 Å². The smallest absolute Gasteiger partial charge is 0.189 e. The van der Waals surface area contributed by atoms with Gasteiger partial charge in [0, 0.05) is 11.8 Å². The number of ketones is 1. The topological polar surface area (TPSA) is 70.4 Å². The van der Waals surface area contributed by atoms with Crippen LogP contribution in [-0.2, 0) is 11.5 Å². The fraction of sp³-hybridized carbons (Fsp3) is 0.111. The molecule has 0 saturated heterocycles. The molecule has 3 heterocycles. The average molecular weight is 318 g/mol. The van der Waals surface area contributed by atoms with Crippen molar-refractivity contribution in [3.8, 4) is 5.75 Å². The van der Waals surface area contributed by atoms with Crippen LogP contribution in [0.5, 0.6) is 5.75 Å². The van der Waals surface area contributed by atoms with Crippen LogP contribution >= 0.6 is 0 Å². The van der Waals surface area contributed by atoms with Gasteiger partial charge >= 0.3 is 0 Å². The molecule has 6 heteroatoms. The maximum absolute atomic E-state index is 12.7. The number of aromatic nitrogens is 2. The van der Waals surface area contributed by atoms with Crippen LogP contribution in [0.3, 0.4) is 0 Å². The van der Waals surface area contributed by atoms with Crippen molar-refractivity contribution in [1.82, 2.24) is 14.9 Å². The first-order valence-electron chi connectivity index (χ1n) is 7.76. The number of anilines is 1. The van der Waals surface area contributed by atoms with Gasteiger partial charge in [0.15, 0.2) is 5.78 Å². The zero-order chi connectivity index (χ0) is 16.3. The molecule has 2 aliphatic rings. The second-order valence-corrected chi connectivity index (χ2v) is 5.94. The van der Waals surface area contributed by atoms with Gasteiger partial charge in [-0.1, -0.05) is 18.2 Å². The van der Waals surface area contributed by atoms with Gasteiger partial charge in [-0.3, -0.25) is 4.79 Å². The van der Waals surface area contributed by atoms with Gasteiger partial charge in [0.2, 0.25) is 0 Å². The molecular formula is C18H14N4O2. The Bertz CT molecular complexity index is 1030. The number of rotatable bonds is 1. The number of hydrogen-bond acceptors (Lipinski definition) is 5. The van der Waals surface area contributed by atoms with Crippen LogP contribution in [0.25, 0.3) is 16.6 Å². The van der Waals surface area contributed by atoms with Crippen molar-refractivity contribution in [3.05, 3.63) is 60.2 Å². The van der Waals surface area contributed by atoms with Crippen molar-refractivity contribution < 1.29 is 9.90 Å². The Morgan fingerprint density at radius 3 is 2.88 bits per heavy atom. The molecule has 0 atom stereocenters. The lowest BCUT2D eigenvalue weighted by molar-refractivity contribution is -0.112. The number of Topliss-reactive ketones (excluding diaryl/α,β-unsaturated/α-hetero) is 1. The van der Waals surface area contributed by atoms with Crippen LogP contribution in [0.2, 0.25) is 0 Å². The Morgan fingerprint density at radius 1 is 1.12 bits per heavy atom. The highest BCUT2D eigenvalue weighted by Gasteiger charge is 2.37. The Balaban J connectivity index is 1.70. The summed E-state index contributed by atoms with van der Waals surface area (Å²) in [5, 5.41) is 13.1. The van der Waals surface area contributed by atoms with Crippen molar-refractivity contribution in [2.75, 3.05) is 11.4 Å². The molecule has 118 valence electrons. The lowest BCUT2D eigenvalue weighted by Crippen LogP contribution is -2.33. The number of carbonyl (C=O) groups is 1. The molecule has 0 aliphatic carbocycles. The molecule has 5 rings (SSSR count). The Labute approximate surface area is 137 Å². The first-order chi connectivity index (χ1) is 11.7. The van der Waals surface area contributed by atoms with Gasteiger partial charge in [-0.15, -0.1) is 0 Å². The van der Waals surface area contributed by atoms with E-state index in [4.69, 9.17) is 0 Å². The van der Waals surface area contributed by atoms with Crippen molar-refractivity contribution >= 4 is 28.1 Å². The number of phenols is 1. The molecule has 0 spiro atoms. The van der Waals surface area contributed by atoms with E-state index in [1.165, 1.54) is 0 Å². The molecule has 6 nitrogen and oxygen atoms in total. The molecule has 3 aromatic rings. The van der Waals surface area contributed by atoms with Gasteiger partial charge in [-0.25, -0.2) is 4.98 Å². The summed E-state index contributed by atoms with van der Waals surface area (Å²) in [5.74, 6) is 1.67. The monoisotopic (exact) mass is 318 g/mol. The SMILES string of the molecule is O=C1CN(c2cccc(O)c2)C2=C1c1nc3ccccc3n1CN2. The summed E-state index contributed by atoms with van der Waals surface area (Å²) >= 11 is 0. The van der Waals surface area contributed by atoms with Crippen LogP contribution in [0.15, 0.2) is 54.4 Å². The van der Waals surface area contributed by atoms with E-state index in [-0.39, 0.29) is 18.1 Å². The zero-order valence-electron chi connectivity index (χ0n) is 12.7. The van der Waals surface area contributed by atoms with Crippen LogP contribution < -0.4 is 10.2 Å². The summed E-state index contributed by atoms with van der Waals surface area (Å²) in [4.78, 5) is 19.2. The summed E-state index contributed by atoms with van der Waals surface area (Å²) < 4.78 is 2.03. The molecule has 0 unspecified atom stereocenters. The van der Waals surface area contributed by atoms with E-state index >= 15 is 0 Å². The first kappa shape index (κ1) is 13.2. The van der Waals surface area contributed by atoms with Gasteiger partial charge in [0.05, 0.1) is 24.2 Å². The standard InChI is InChI=1S/C18H14N4O2/c23-12-5-3-4-11(8-12)21-9-15(24)16-17(21)19-10-22-14-7-2-1-6-13(14)20-18(16)22/h1-8,19,23H,9-10H2. The van der Waals surface area contributed by atoms with Crippen LogP contribution in [0, 0.1) is 0 Å². The number of nitrogens with one attached hydrogen (secondary N) is 1. The van der Waals surface area contributed by atoms with Gasteiger partial charge in [-0.2, -0.15) is 0 Å². The van der Waals surface area contributed by atoms with E-state index in [9.17, 15) is 9.90 Å². The molecule has 24 heavy (non-hydrogen) atoms. The van der Waals surface area contributed by atoms with Crippen molar-refractivity contribution in [2.24, 2.45) is 0 Å². The second kappa shape index (κ2) is 4.61. The van der Waals surface area contributed by atoms with Crippen LogP contribution in [-0.4, -0.2) is 27.0 Å².